The third-order valence-corrected chi connectivity index (χ3v) is 4.70. The van der Waals surface area contributed by atoms with Crippen LogP contribution in [0.5, 0.6) is 0 Å². The highest BCUT2D eigenvalue weighted by atomic mass is 32.1. The Hall–Kier alpha value is -1.36. The quantitative estimate of drug-likeness (QED) is 0.753. The second kappa shape index (κ2) is 3.57. The molecule has 1 aliphatic carbocycles. The molecule has 1 amide bonds. The van der Waals surface area contributed by atoms with Crippen LogP contribution in [0.4, 0.5) is 11.4 Å². The Kier molecular flexibility index (Phi) is 2.26. The van der Waals surface area contributed by atoms with Crippen molar-refractivity contribution < 1.29 is 9.59 Å². The second-order valence-electron chi connectivity index (χ2n) is 4.78. The maximum Gasteiger partial charge on any atom is 0.250 e. The summed E-state index contributed by atoms with van der Waals surface area (Å²) in [5.41, 5.74) is 1.15. The molecule has 0 unspecified atom stereocenters. The first-order valence-corrected chi connectivity index (χ1v) is 6.72. The number of amides is 1. The average Bonchev–Trinajstić information content (AvgIpc) is 2.87. The molecule has 2 heterocycles. The monoisotopic (exact) mass is 250 g/mol. The molecule has 90 valence electrons. The van der Waals surface area contributed by atoms with Crippen molar-refractivity contribution in [3.8, 4) is 0 Å². The van der Waals surface area contributed by atoms with E-state index in [1.807, 2.05) is 5.38 Å². The van der Waals surface area contributed by atoms with E-state index in [1.54, 1.807) is 0 Å². The molecule has 2 aliphatic rings. The average molecular weight is 250 g/mol. The SMILES string of the molecule is CC(=O)c1scc2c1NC(=O)C1(CCCC1)N2. The standard InChI is InChI=1S/C12H14N2O2S/c1-7(15)10-9-8(6-17-10)14-12(11(16)13-9)4-2-3-5-12/h6,14H,2-5H2,1H3,(H,13,16). The van der Waals surface area contributed by atoms with E-state index in [-0.39, 0.29) is 11.7 Å². The van der Waals surface area contributed by atoms with Crippen LogP contribution in [0.2, 0.25) is 0 Å². The Morgan fingerprint density at radius 1 is 1.41 bits per heavy atom. The van der Waals surface area contributed by atoms with Gasteiger partial charge >= 0.3 is 0 Å². The lowest BCUT2D eigenvalue weighted by Gasteiger charge is -2.34. The minimum Gasteiger partial charge on any atom is -0.369 e. The van der Waals surface area contributed by atoms with Gasteiger partial charge in [0, 0.05) is 12.3 Å². The fraction of sp³-hybridized carbons (Fsp3) is 0.500. The predicted molar refractivity (Wildman–Crippen MR) is 67.8 cm³/mol. The fourth-order valence-electron chi connectivity index (χ4n) is 2.71. The lowest BCUT2D eigenvalue weighted by atomic mass is 9.93. The number of carbonyl (C=O) groups is 2. The van der Waals surface area contributed by atoms with Crippen LogP contribution < -0.4 is 10.6 Å². The molecule has 4 nitrogen and oxygen atoms in total. The largest absolute Gasteiger partial charge is 0.369 e. The first-order valence-electron chi connectivity index (χ1n) is 5.84. The van der Waals surface area contributed by atoms with Crippen LogP contribution in [0.25, 0.3) is 0 Å². The number of nitrogens with one attached hydrogen (secondary N) is 2. The van der Waals surface area contributed by atoms with Crippen molar-refractivity contribution >= 4 is 34.4 Å². The molecule has 0 bridgehead atoms. The van der Waals surface area contributed by atoms with Gasteiger partial charge < -0.3 is 10.6 Å². The molecule has 0 radical (unpaired) electrons. The molecule has 2 N–H and O–H groups in total. The lowest BCUT2D eigenvalue weighted by Crippen LogP contribution is -2.50. The molecule has 1 saturated carbocycles. The van der Waals surface area contributed by atoms with Gasteiger partial charge in [-0.25, -0.2) is 0 Å². The highest BCUT2D eigenvalue weighted by molar-refractivity contribution is 7.13. The van der Waals surface area contributed by atoms with E-state index < -0.39 is 5.54 Å². The Morgan fingerprint density at radius 2 is 2.12 bits per heavy atom. The van der Waals surface area contributed by atoms with Crippen LogP contribution in [0.3, 0.4) is 0 Å². The van der Waals surface area contributed by atoms with E-state index in [4.69, 9.17) is 0 Å². The number of hydrogen-bond donors (Lipinski definition) is 2. The minimum atomic E-state index is -0.428. The van der Waals surface area contributed by atoms with E-state index >= 15 is 0 Å². The van der Waals surface area contributed by atoms with Crippen LogP contribution in [-0.4, -0.2) is 17.2 Å². The van der Waals surface area contributed by atoms with Gasteiger partial charge in [-0.05, 0) is 12.8 Å². The van der Waals surface area contributed by atoms with Crippen molar-refractivity contribution in [2.45, 2.75) is 38.1 Å². The third kappa shape index (κ3) is 1.49. The summed E-state index contributed by atoms with van der Waals surface area (Å²) < 4.78 is 0. The molecule has 5 heteroatoms. The summed E-state index contributed by atoms with van der Waals surface area (Å²) in [7, 11) is 0. The summed E-state index contributed by atoms with van der Waals surface area (Å²) in [6, 6.07) is 0. The summed E-state index contributed by atoms with van der Waals surface area (Å²) in [6.07, 6.45) is 3.92. The van der Waals surface area contributed by atoms with Crippen molar-refractivity contribution in [2.24, 2.45) is 0 Å². The van der Waals surface area contributed by atoms with Gasteiger partial charge in [-0.15, -0.1) is 11.3 Å². The van der Waals surface area contributed by atoms with E-state index in [1.165, 1.54) is 18.3 Å². The molecule has 1 aliphatic heterocycles. The molecule has 0 atom stereocenters. The molecule has 0 aromatic carbocycles. The molecule has 0 saturated heterocycles. The summed E-state index contributed by atoms with van der Waals surface area (Å²) in [6.45, 7) is 1.53. The third-order valence-electron chi connectivity index (χ3n) is 3.62. The first-order chi connectivity index (χ1) is 8.12. The van der Waals surface area contributed by atoms with Crippen LogP contribution in [0, 0.1) is 0 Å². The number of hydrogen-bond acceptors (Lipinski definition) is 4. The maximum atomic E-state index is 12.2. The van der Waals surface area contributed by atoms with Crippen LogP contribution in [0.15, 0.2) is 5.38 Å². The van der Waals surface area contributed by atoms with Crippen molar-refractivity contribution in [2.75, 3.05) is 10.6 Å². The van der Waals surface area contributed by atoms with Crippen LogP contribution >= 0.6 is 11.3 Å². The van der Waals surface area contributed by atoms with E-state index in [0.29, 0.717) is 10.6 Å². The predicted octanol–water partition coefficient (Wildman–Crippen LogP) is 2.63. The van der Waals surface area contributed by atoms with Gasteiger partial charge in [0.1, 0.15) is 5.54 Å². The number of Topliss-reactive ketones (excluding diaryl/α,β-unsaturated/α-hetero) is 1. The number of carbonyl (C=O) groups excluding carboxylic acids is 2. The zero-order chi connectivity index (χ0) is 12.0. The van der Waals surface area contributed by atoms with Gasteiger partial charge in [-0.1, -0.05) is 12.8 Å². The fourth-order valence-corrected chi connectivity index (χ4v) is 3.57. The van der Waals surface area contributed by atoms with Crippen molar-refractivity contribution in [3.63, 3.8) is 0 Å². The number of fused-ring (bicyclic) bond motifs is 1. The van der Waals surface area contributed by atoms with E-state index in [9.17, 15) is 9.59 Å². The minimum absolute atomic E-state index is 0.000668. The van der Waals surface area contributed by atoms with Gasteiger partial charge in [0.15, 0.2) is 5.78 Å². The summed E-state index contributed by atoms with van der Waals surface area (Å²) in [4.78, 5) is 24.2. The van der Waals surface area contributed by atoms with Crippen molar-refractivity contribution in [3.05, 3.63) is 10.3 Å². The van der Waals surface area contributed by atoms with Crippen molar-refractivity contribution in [1.29, 1.82) is 0 Å². The highest BCUT2D eigenvalue weighted by Crippen LogP contribution is 2.43. The summed E-state index contributed by atoms with van der Waals surface area (Å²) in [5, 5.41) is 8.18. The van der Waals surface area contributed by atoms with Crippen molar-refractivity contribution in [1.82, 2.24) is 0 Å². The van der Waals surface area contributed by atoms with E-state index in [2.05, 4.69) is 10.6 Å². The van der Waals surface area contributed by atoms with Gasteiger partial charge in [0.2, 0.25) is 5.91 Å². The van der Waals surface area contributed by atoms with Gasteiger partial charge in [-0.2, -0.15) is 0 Å². The van der Waals surface area contributed by atoms with E-state index in [0.717, 1.165) is 31.4 Å². The van der Waals surface area contributed by atoms with Gasteiger partial charge in [-0.3, -0.25) is 9.59 Å². The molecule has 3 rings (SSSR count). The number of ketones is 1. The Morgan fingerprint density at radius 3 is 2.76 bits per heavy atom. The molecular weight excluding hydrogens is 236 g/mol. The molecular formula is C12H14N2O2S. The molecule has 1 aromatic rings. The molecule has 1 aromatic heterocycles. The zero-order valence-electron chi connectivity index (χ0n) is 9.63. The number of thiophene rings is 1. The summed E-state index contributed by atoms with van der Waals surface area (Å²) >= 11 is 1.39. The van der Waals surface area contributed by atoms with Gasteiger partial charge in [0.25, 0.3) is 0 Å². The molecule has 1 fully saturated rings. The van der Waals surface area contributed by atoms with Crippen LogP contribution in [-0.2, 0) is 4.79 Å². The lowest BCUT2D eigenvalue weighted by molar-refractivity contribution is -0.120. The molecule has 1 spiro atoms. The number of rotatable bonds is 1. The number of anilines is 2. The van der Waals surface area contributed by atoms with Crippen LogP contribution in [0.1, 0.15) is 42.3 Å². The first kappa shape index (κ1) is 10.8. The Balaban J connectivity index is 2.02. The maximum absolute atomic E-state index is 12.2. The molecule has 17 heavy (non-hydrogen) atoms. The summed E-state index contributed by atoms with van der Waals surface area (Å²) in [5.74, 6) is 0.0177. The van der Waals surface area contributed by atoms with Gasteiger partial charge in [0.05, 0.1) is 16.3 Å². The Bertz CT molecular complexity index is 501. The zero-order valence-corrected chi connectivity index (χ0v) is 10.4. The highest BCUT2D eigenvalue weighted by Gasteiger charge is 2.45. The Labute approximate surface area is 103 Å². The smallest absolute Gasteiger partial charge is 0.250 e. The normalized spacial score (nSPS) is 20.9. The second-order valence-corrected chi connectivity index (χ2v) is 5.66. The topological polar surface area (TPSA) is 58.2 Å².